The first kappa shape index (κ1) is 16.5. The molecule has 1 aliphatic heterocycles. The second-order valence-corrected chi connectivity index (χ2v) is 8.77. The van der Waals surface area contributed by atoms with Crippen molar-refractivity contribution in [2.45, 2.75) is 12.5 Å². The number of benzene rings is 1. The number of aliphatic imine (C=N–C) groups is 1. The normalized spacial score (nSPS) is 22.7. The third-order valence-corrected chi connectivity index (χ3v) is 7.15. The molecule has 24 heavy (non-hydrogen) atoms. The molecule has 1 unspecified atom stereocenters. The summed E-state index contributed by atoms with van der Waals surface area (Å²) in [6.45, 7) is 1.77. The van der Waals surface area contributed by atoms with Crippen LogP contribution in [0.2, 0.25) is 0 Å². The maximum atomic E-state index is 12.3. The maximum Gasteiger partial charge on any atom is 0.239 e. The minimum atomic E-state index is -3.49. The van der Waals surface area contributed by atoms with E-state index in [0.29, 0.717) is 5.56 Å². The van der Waals surface area contributed by atoms with Crippen LogP contribution in [0, 0.1) is 11.3 Å². The third kappa shape index (κ3) is 2.77. The summed E-state index contributed by atoms with van der Waals surface area (Å²) in [5, 5.41) is 11.0. The molecule has 0 aliphatic carbocycles. The van der Waals surface area contributed by atoms with Gasteiger partial charge in [0, 0.05) is 11.9 Å². The molecule has 0 spiro atoms. The smallest absolute Gasteiger partial charge is 0.239 e. The molecule has 1 aromatic heterocycles. The first-order valence-corrected chi connectivity index (χ1v) is 9.65. The van der Waals surface area contributed by atoms with Crippen molar-refractivity contribution in [2.75, 3.05) is 12.8 Å². The van der Waals surface area contributed by atoms with E-state index < -0.39 is 15.6 Å². The highest BCUT2D eigenvalue weighted by Gasteiger charge is 2.41. The Hall–Kier alpha value is -2.37. The van der Waals surface area contributed by atoms with Crippen LogP contribution in [0.25, 0.3) is 11.1 Å². The van der Waals surface area contributed by atoms with Crippen LogP contribution < -0.4 is 5.73 Å². The van der Waals surface area contributed by atoms with E-state index in [0.717, 1.165) is 20.3 Å². The summed E-state index contributed by atoms with van der Waals surface area (Å²) in [7, 11) is -2.09. The van der Waals surface area contributed by atoms with E-state index in [1.807, 2.05) is 23.6 Å². The van der Waals surface area contributed by atoms with Gasteiger partial charge in [-0.15, -0.1) is 11.3 Å². The van der Waals surface area contributed by atoms with E-state index in [4.69, 9.17) is 11.0 Å². The highest BCUT2D eigenvalue weighted by atomic mass is 32.2. The Morgan fingerprint density at radius 1 is 1.38 bits per heavy atom. The van der Waals surface area contributed by atoms with Crippen LogP contribution in [0.1, 0.15) is 17.4 Å². The largest absolute Gasteiger partial charge is 0.369 e. The Morgan fingerprint density at radius 2 is 2.12 bits per heavy atom. The molecule has 0 fully saturated rings. The number of nitriles is 1. The monoisotopic (exact) mass is 360 g/mol. The van der Waals surface area contributed by atoms with Gasteiger partial charge in [0.1, 0.15) is 5.54 Å². The van der Waals surface area contributed by atoms with Crippen molar-refractivity contribution in [3.05, 3.63) is 46.2 Å². The summed E-state index contributed by atoms with van der Waals surface area (Å²) in [6, 6.07) is 11.3. The summed E-state index contributed by atoms with van der Waals surface area (Å²) >= 11 is 1.44. The standard InChI is InChI=1S/C16H16N4O2S2/c1-16(10-24(21,22)20(2)15(18)19-16)14-7-13(9-23-14)12-5-3-4-11(6-12)8-17/h3-7,9H,10H2,1-2H3,(H2,18,19). The first-order valence-electron chi connectivity index (χ1n) is 7.17. The third-order valence-electron chi connectivity index (χ3n) is 4.02. The Balaban J connectivity index is 2.03. The molecule has 2 aromatic rings. The van der Waals surface area contributed by atoms with Crippen molar-refractivity contribution in [3.63, 3.8) is 0 Å². The molecule has 0 saturated heterocycles. The number of nitrogens with two attached hydrogens (primary N) is 1. The van der Waals surface area contributed by atoms with Crippen LogP contribution in [0.4, 0.5) is 0 Å². The van der Waals surface area contributed by atoms with E-state index in [-0.39, 0.29) is 11.7 Å². The van der Waals surface area contributed by atoms with Gasteiger partial charge in [-0.3, -0.25) is 0 Å². The summed E-state index contributed by atoms with van der Waals surface area (Å²) in [4.78, 5) is 5.22. The molecule has 3 rings (SSSR count). The predicted molar refractivity (Wildman–Crippen MR) is 95.0 cm³/mol. The van der Waals surface area contributed by atoms with Crippen LogP contribution in [-0.2, 0) is 15.6 Å². The van der Waals surface area contributed by atoms with Crippen LogP contribution in [-0.4, -0.2) is 31.5 Å². The number of thiophene rings is 1. The molecule has 8 heteroatoms. The fraction of sp³-hybridized carbons (Fsp3) is 0.250. The highest BCUT2D eigenvalue weighted by molar-refractivity contribution is 7.89. The second-order valence-electron chi connectivity index (χ2n) is 5.86. The van der Waals surface area contributed by atoms with E-state index in [9.17, 15) is 8.42 Å². The van der Waals surface area contributed by atoms with Crippen molar-refractivity contribution >= 4 is 27.3 Å². The molecule has 2 heterocycles. The Labute approximate surface area is 144 Å². The van der Waals surface area contributed by atoms with Gasteiger partial charge in [0.25, 0.3) is 0 Å². The zero-order valence-electron chi connectivity index (χ0n) is 13.2. The molecule has 1 aromatic carbocycles. The zero-order valence-corrected chi connectivity index (χ0v) is 14.9. The second kappa shape index (κ2) is 5.61. The number of hydrogen-bond acceptors (Lipinski definition) is 6. The fourth-order valence-corrected chi connectivity index (χ4v) is 5.18. The SMILES string of the molecule is CN1C(N)=NC(C)(c2cc(-c3cccc(C#N)c3)cs2)CS1(=O)=O. The Morgan fingerprint density at radius 3 is 2.79 bits per heavy atom. The topological polar surface area (TPSA) is 99.5 Å². The fourth-order valence-electron chi connectivity index (χ4n) is 2.61. The summed E-state index contributed by atoms with van der Waals surface area (Å²) < 4.78 is 25.6. The van der Waals surface area contributed by atoms with Crippen molar-refractivity contribution in [1.82, 2.24) is 4.31 Å². The number of guanidine groups is 1. The molecule has 1 aliphatic rings. The molecule has 0 bridgehead atoms. The molecule has 2 N–H and O–H groups in total. The molecule has 1 atom stereocenters. The molecular formula is C16H16N4O2S2. The number of rotatable bonds is 2. The van der Waals surface area contributed by atoms with E-state index in [2.05, 4.69) is 11.1 Å². The van der Waals surface area contributed by atoms with Crippen LogP contribution in [0.15, 0.2) is 40.7 Å². The zero-order chi connectivity index (χ0) is 17.5. The quantitative estimate of drug-likeness (QED) is 0.886. The molecule has 0 saturated carbocycles. The van der Waals surface area contributed by atoms with Crippen molar-refractivity contribution in [3.8, 4) is 17.2 Å². The van der Waals surface area contributed by atoms with Gasteiger partial charge in [-0.25, -0.2) is 17.7 Å². The van der Waals surface area contributed by atoms with Gasteiger partial charge in [-0.1, -0.05) is 12.1 Å². The Kier molecular flexibility index (Phi) is 3.86. The predicted octanol–water partition coefficient (Wildman–Crippen LogP) is 2.09. The lowest BCUT2D eigenvalue weighted by Gasteiger charge is -2.33. The van der Waals surface area contributed by atoms with Crippen molar-refractivity contribution in [1.29, 1.82) is 5.26 Å². The lowest BCUT2D eigenvalue weighted by Crippen LogP contribution is -2.50. The van der Waals surface area contributed by atoms with Gasteiger partial charge in [0.05, 0.1) is 17.4 Å². The van der Waals surface area contributed by atoms with Crippen LogP contribution in [0.3, 0.4) is 0 Å². The maximum absolute atomic E-state index is 12.3. The van der Waals surface area contributed by atoms with Gasteiger partial charge in [-0.2, -0.15) is 5.26 Å². The van der Waals surface area contributed by atoms with Gasteiger partial charge in [-0.05, 0) is 41.6 Å². The number of sulfonamides is 1. The number of nitrogens with zero attached hydrogens (tertiary/aromatic N) is 3. The molecule has 6 nitrogen and oxygen atoms in total. The minimum absolute atomic E-state index is 0.00909. The van der Waals surface area contributed by atoms with Gasteiger partial charge >= 0.3 is 0 Å². The van der Waals surface area contributed by atoms with Gasteiger partial charge in [0.15, 0.2) is 0 Å². The summed E-state index contributed by atoms with van der Waals surface area (Å²) in [5.41, 5.74) is 7.29. The van der Waals surface area contributed by atoms with E-state index in [1.54, 1.807) is 19.1 Å². The number of hydrogen-bond donors (Lipinski definition) is 1. The average Bonchev–Trinajstić information content (AvgIpc) is 3.03. The van der Waals surface area contributed by atoms with E-state index in [1.165, 1.54) is 18.4 Å². The van der Waals surface area contributed by atoms with Crippen molar-refractivity contribution in [2.24, 2.45) is 10.7 Å². The van der Waals surface area contributed by atoms with E-state index >= 15 is 0 Å². The Bertz CT molecular complexity index is 972. The summed E-state index contributed by atoms with van der Waals surface area (Å²) in [5.74, 6) is -0.139. The lowest BCUT2D eigenvalue weighted by molar-refractivity contribution is 0.482. The highest BCUT2D eigenvalue weighted by Crippen LogP contribution is 2.38. The molecular weight excluding hydrogens is 344 g/mol. The molecule has 0 radical (unpaired) electrons. The average molecular weight is 360 g/mol. The van der Waals surface area contributed by atoms with Crippen molar-refractivity contribution < 1.29 is 8.42 Å². The molecule has 124 valence electrons. The lowest BCUT2D eigenvalue weighted by atomic mass is 10.0. The van der Waals surface area contributed by atoms with Crippen LogP contribution in [0.5, 0.6) is 0 Å². The molecule has 0 amide bonds. The first-order chi connectivity index (χ1) is 11.2. The minimum Gasteiger partial charge on any atom is -0.369 e. The van der Waals surface area contributed by atoms with Gasteiger partial charge < -0.3 is 5.73 Å². The summed E-state index contributed by atoms with van der Waals surface area (Å²) in [6.07, 6.45) is 0. The van der Waals surface area contributed by atoms with Crippen LogP contribution >= 0.6 is 11.3 Å². The van der Waals surface area contributed by atoms with Gasteiger partial charge in [0.2, 0.25) is 16.0 Å².